The number of aryl methyl sites for hydroxylation is 1. The predicted molar refractivity (Wildman–Crippen MR) is 71.8 cm³/mol. The number of rotatable bonds is 3. The summed E-state index contributed by atoms with van der Waals surface area (Å²) in [6.45, 7) is 1.96. The van der Waals surface area contributed by atoms with Gasteiger partial charge in [-0.15, -0.1) is 0 Å². The van der Waals surface area contributed by atoms with E-state index < -0.39 is 6.10 Å². The van der Waals surface area contributed by atoms with Crippen molar-refractivity contribution in [2.24, 2.45) is 0 Å². The average molecular weight is 292 g/mol. The van der Waals surface area contributed by atoms with Gasteiger partial charge in [-0.05, 0) is 41.8 Å². The Morgan fingerprint density at radius 2 is 2.18 bits per heavy atom. The summed E-state index contributed by atoms with van der Waals surface area (Å²) >= 11 is 3.43. The normalized spacial score (nSPS) is 12.4. The fraction of sp³-hybridized carbons (Fsp3) is 0.214. The van der Waals surface area contributed by atoms with Crippen LogP contribution in [0, 0.1) is 6.92 Å². The van der Waals surface area contributed by atoms with Crippen molar-refractivity contribution in [2.75, 3.05) is 0 Å². The zero-order chi connectivity index (χ0) is 12.3. The van der Waals surface area contributed by atoms with Crippen molar-refractivity contribution in [3.63, 3.8) is 0 Å². The quantitative estimate of drug-likeness (QED) is 0.940. The maximum Gasteiger partial charge on any atom is 0.0834 e. The molecule has 0 aliphatic carbocycles. The SMILES string of the molecule is Cc1cnccc1C(O)Cc1cccc(Br)c1. The van der Waals surface area contributed by atoms with Crippen LogP contribution in [0.3, 0.4) is 0 Å². The van der Waals surface area contributed by atoms with Crippen molar-refractivity contribution in [1.29, 1.82) is 0 Å². The third-order valence-electron chi connectivity index (χ3n) is 2.74. The molecule has 1 atom stereocenters. The van der Waals surface area contributed by atoms with Gasteiger partial charge in [0.2, 0.25) is 0 Å². The minimum absolute atomic E-state index is 0.479. The van der Waals surface area contributed by atoms with Crippen molar-refractivity contribution in [1.82, 2.24) is 4.98 Å². The zero-order valence-corrected chi connectivity index (χ0v) is 11.2. The molecule has 1 aromatic carbocycles. The van der Waals surface area contributed by atoms with Crippen LogP contribution in [0.15, 0.2) is 47.2 Å². The van der Waals surface area contributed by atoms with Crippen LogP contribution in [0.5, 0.6) is 0 Å². The Labute approximate surface area is 109 Å². The van der Waals surface area contributed by atoms with Crippen molar-refractivity contribution in [3.05, 3.63) is 63.9 Å². The van der Waals surface area contributed by atoms with Crippen molar-refractivity contribution in [3.8, 4) is 0 Å². The van der Waals surface area contributed by atoms with Crippen LogP contribution in [0.1, 0.15) is 22.8 Å². The Bertz CT molecular complexity index is 513. The van der Waals surface area contributed by atoms with Crippen LogP contribution in [-0.4, -0.2) is 10.1 Å². The van der Waals surface area contributed by atoms with Crippen molar-refractivity contribution >= 4 is 15.9 Å². The summed E-state index contributed by atoms with van der Waals surface area (Å²) in [5.41, 5.74) is 3.08. The van der Waals surface area contributed by atoms with Crippen molar-refractivity contribution < 1.29 is 5.11 Å². The molecule has 0 aliphatic rings. The summed E-state index contributed by atoms with van der Waals surface area (Å²) in [5, 5.41) is 10.2. The number of nitrogens with zero attached hydrogens (tertiary/aromatic N) is 1. The van der Waals surface area contributed by atoms with Gasteiger partial charge in [0.1, 0.15) is 0 Å². The molecule has 0 radical (unpaired) electrons. The van der Waals surface area contributed by atoms with E-state index in [0.29, 0.717) is 6.42 Å². The maximum absolute atomic E-state index is 10.2. The second-order valence-corrected chi connectivity index (χ2v) is 5.00. The Morgan fingerprint density at radius 3 is 2.88 bits per heavy atom. The number of pyridine rings is 1. The molecule has 0 amide bonds. The van der Waals surface area contributed by atoms with Crippen LogP contribution in [-0.2, 0) is 6.42 Å². The summed E-state index contributed by atoms with van der Waals surface area (Å²) < 4.78 is 1.04. The molecule has 2 aromatic rings. The average Bonchev–Trinajstić information content (AvgIpc) is 2.29. The van der Waals surface area contributed by atoms with Gasteiger partial charge in [0.05, 0.1) is 6.10 Å². The van der Waals surface area contributed by atoms with Crippen LogP contribution in [0.25, 0.3) is 0 Å². The van der Waals surface area contributed by atoms with Crippen LogP contribution in [0.2, 0.25) is 0 Å². The van der Waals surface area contributed by atoms with Gasteiger partial charge in [-0.2, -0.15) is 0 Å². The van der Waals surface area contributed by atoms with E-state index in [4.69, 9.17) is 0 Å². The highest BCUT2D eigenvalue weighted by atomic mass is 79.9. The Balaban J connectivity index is 2.17. The van der Waals surface area contributed by atoms with Gasteiger partial charge in [0, 0.05) is 23.3 Å². The van der Waals surface area contributed by atoms with Gasteiger partial charge >= 0.3 is 0 Å². The van der Waals surface area contributed by atoms with Gasteiger partial charge in [0.15, 0.2) is 0 Å². The van der Waals surface area contributed by atoms with E-state index in [2.05, 4.69) is 20.9 Å². The molecule has 0 fully saturated rings. The summed E-state index contributed by atoms with van der Waals surface area (Å²) in [6.07, 6.45) is 3.63. The largest absolute Gasteiger partial charge is 0.388 e. The second-order valence-electron chi connectivity index (χ2n) is 4.08. The highest BCUT2D eigenvalue weighted by Gasteiger charge is 2.11. The van der Waals surface area contributed by atoms with Gasteiger partial charge in [-0.25, -0.2) is 0 Å². The fourth-order valence-electron chi connectivity index (χ4n) is 1.86. The molecule has 1 N–H and O–H groups in total. The van der Waals surface area contributed by atoms with Crippen LogP contribution in [0.4, 0.5) is 0 Å². The smallest absolute Gasteiger partial charge is 0.0834 e. The zero-order valence-electron chi connectivity index (χ0n) is 9.60. The van der Waals surface area contributed by atoms with Gasteiger partial charge in [-0.3, -0.25) is 4.98 Å². The lowest BCUT2D eigenvalue weighted by atomic mass is 9.99. The summed E-state index contributed by atoms with van der Waals surface area (Å²) in [7, 11) is 0. The molecule has 0 saturated carbocycles. The minimum atomic E-state index is -0.479. The lowest BCUT2D eigenvalue weighted by Crippen LogP contribution is -2.04. The summed E-state index contributed by atoms with van der Waals surface area (Å²) in [6, 6.07) is 9.88. The van der Waals surface area contributed by atoms with E-state index in [0.717, 1.165) is 21.2 Å². The lowest BCUT2D eigenvalue weighted by molar-refractivity contribution is 0.177. The van der Waals surface area contributed by atoms with E-state index in [9.17, 15) is 5.11 Å². The molecule has 0 bridgehead atoms. The van der Waals surface area contributed by atoms with Crippen molar-refractivity contribution in [2.45, 2.75) is 19.4 Å². The second kappa shape index (κ2) is 5.43. The first-order valence-corrected chi connectivity index (χ1v) is 6.29. The number of hydrogen-bond donors (Lipinski definition) is 1. The number of benzene rings is 1. The monoisotopic (exact) mass is 291 g/mol. The first-order valence-electron chi connectivity index (χ1n) is 5.50. The third-order valence-corrected chi connectivity index (χ3v) is 3.23. The molecule has 1 unspecified atom stereocenters. The van der Waals surface area contributed by atoms with E-state index >= 15 is 0 Å². The number of halogens is 1. The highest BCUT2D eigenvalue weighted by molar-refractivity contribution is 9.10. The first kappa shape index (κ1) is 12.3. The number of aliphatic hydroxyl groups is 1. The third kappa shape index (κ3) is 3.14. The number of hydrogen-bond acceptors (Lipinski definition) is 2. The first-order chi connectivity index (χ1) is 8.16. The Kier molecular flexibility index (Phi) is 3.92. The van der Waals surface area contributed by atoms with Crippen LogP contribution < -0.4 is 0 Å². The molecular weight excluding hydrogens is 278 g/mol. The van der Waals surface area contributed by atoms with Crippen LogP contribution >= 0.6 is 15.9 Å². The molecule has 3 heteroatoms. The highest BCUT2D eigenvalue weighted by Crippen LogP contribution is 2.22. The molecular formula is C14H14BrNO. The number of aromatic nitrogens is 1. The summed E-state index contributed by atoms with van der Waals surface area (Å²) in [4.78, 5) is 4.03. The van der Waals surface area contributed by atoms with E-state index in [1.165, 1.54) is 0 Å². The van der Waals surface area contributed by atoms with E-state index in [1.54, 1.807) is 12.4 Å². The Hall–Kier alpha value is -1.19. The lowest BCUT2D eigenvalue weighted by Gasteiger charge is -2.13. The predicted octanol–water partition coefficient (Wildman–Crippen LogP) is 3.43. The molecule has 0 saturated heterocycles. The minimum Gasteiger partial charge on any atom is -0.388 e. The molecule has 0 spiro atoms. The molecule has 1 aromatic heterocycles. The standard InChI is InChI=1S/C14H14BrNO/c1-10-9-16-6-5-13(10)14(17)8-11-3-2-4-12(15)7-11/h2-7,9,14,17H,8H2,1H3. The summed E-state index contributed by atoms with van der Waals surface area (Å²) in [5.74, 6) is 0. The molecule has 17 heavy (non-hydrogen) atoms. The maximum atomic E-state index is 10.2. The molecule has 1 heterocycles. The van der Waals surface area contributed by atoms with E-state index in [1.807, 2.05) is 37.3 Å². The topological polar surface area (TPSA) is 33.1 Å². The van der Waals surface area contributed by atoms with Gasteiger partial charge in [-0.1, -0.05) is 28.1 Å². The molecule has 88 valence electrons. The molecule has 2 rings (SSSR count). The van der Waals surface area contributed by atoms with E-state index in [-0.39, 0.29) is 0 Å². The fourth-order valence-corrected chi connectivity index (χ4v) is 2.30. The number of aliphatic hydroxyl groups excluding tert-OH is 1. The molecule has 2 nitrogen and oxygen atoms in total. The van der Waals surface area contributed by atoms with Gasteiger partial charge in [0.25, 0.3) is 0 Å². The Morgan fingerprint density at radius 1 is 1.35 bits per heavy atom. The van der Waals surface area contributed by atoms with Gasteiger partial charge < -0.3 is 5.11 Å². The molecule has 0 aliphatic heterocycles.